The van der Waals surface area contributed by atoms with Crippen LogP contribution in [0.1, 0.15) is 11.7 Å². The van der Waals surface area contributed by atoms with E-state index in [4.69, 9.17) is 4.74 Å². The van der Waals surface area contributed by atoms with E-state index in [1.807, 2.05) is 12.1 Å². The molecule has 1 nitrogen and oxygen atoms in total. The zero-order valence-corrected chi connectivity index (χ0v) is 12.3. The monoisotopic (exact) mass is 294 g/mol. The van der Waals surface area contributed by atoms with Gasteiger partial charge in [0.1, 0.15) is 20.3 Å². The Morgan fingerprint density at radius 1 is 1.19 bits per heavy atom. The summed E-state index contributed by atoms with van der Waals surface area (Å²) < 4.78 is 6.67. The summed E-state index contributed by atoms with van der Waals surface area (Å²) >= 11 is 3.42. The van der Waals surface area contributed by atoms with E-state index < -0.39 is 8.07 Å². The van der Waals surface area contributed by atoms with Crippen LogP contribution in [-0.4, -0.2) is 14.2 Å². The van der Waals surface area contributed by atoms with Crippen LogP contribution < -0.4 is 0 Å². The van der Waals surface area contributed by atoms with Gasteiger partial charge in [-0.15, -0.1) is 5.54 Å². The molecule has 2 atom stereocenters. The zero-order valence-electron chi connectivity index (χ0n) is 9.75. The highest BCUT2D eigenvalue weighted by Gasteiger charge is 2.38. The molecule has 0 aromatic heterocycles. The maximum atomic E-state index is 5.57. The van der Waals surface area contributed by atoms with Crippen LogP contribution in [0.3, 0.4) is 0 Å². The van der Waals surface area contributed by atoms with Gasteiger partial charge in [-0.3, -0.25) is 0 Å². The first-order valence-corrected chi connectivity index (χ1v) is 9.69. The molecule has 0 aliphatic carbocycles. The van der Waals surface area contributed by atoms with Gasteiger partial charge in [-0.2, -0.15) is 0 Å². The second kappa shape index (κ2) is 4.36. The zero-order chi connectivity index (χ0) is 11.8. The highest BCUT2D eigenvalue weighted by atomic mass is 79.9. The summed E-state index contributed by atoms with van der Waals surface area (Å²) in [5.41, 5.74) is 4.57. The Balaban J connectivity index is 2.01. The molecule has 1 aliphatic rings. The molecule has 0 saturated carbocycles. The lowest BCUT2D eigenvalue weighted by atomic mass is 10.1. The molecular weight excluding hydrogens is 280 g/mol. The van der Waals surface area contributed by atoms with Crippen LogP contribution in [-0.2, 0) is 4.74 Å². The molecule has 0 bridgehead atoms. The van der Waals surface area contributed by atoms with Crippen molar-refractivity contribution in [3.63, 3.8) is 0 Å². The number of halogens is 1. The van der Waals surface area contributed by atoms with Crippen molar-refractivity contribution in [1.29, 1.82) is 0 Å². The van der Waals surface area contributed by atoms with E-state index in [0.717, 1.165) is 4.47 Å². The topological polar surface area (TPSA) is 12.5 Å². The molecule has 0 radical (unpaired) electrons. The van der Waals surface area contributed by atoms with Crippen molar-refractivity contribution in [2.75, 3.05) is 0 Å². The second-order valence-electron chi connectivity index (χ2n) is 5.05. The smallest absolute Gasteiger partial charge is 0.148 e. The standard InChI is InChI=1S/C13H15BrOSi/c1-16(2,3)9-8-12-13(15-12)10-4-6-11(14)7-5-10/h4-7,12-13H,1-3H3/t12-,13-/m0/s1. The predicted molar refractivity (Wildman–Crippen MR) is 72.9 cm³/mol. The lowest BCUT2D eigenvalue weighted by molar-refractivity contribution is 0.397. The minimum Gasteiger partial charge on any atom is -0.351 e. The molecule has 0 amide bonds. The first-order chi connectivity index (χ1) is 7.46. The molecule has 0 unspecified atom stereocenters. The molecule has 1 aromatic carbocycles. The van der Waals surface area contributed by atoms with Gasteiger partial charge in [0.2, 0.25) is 0 Å². The number of ether oxygens (including phenoxy) is 1. The Morgan fingerprint density at radius 2 is 1.81 bits per heavy atom. The molecule has 2 rings (SSSR count). The highest BCUT2D eigenvalue weighted by molar-refractivity contribution is 9.10. The Bertz CT molecular complexity index is 436. The average molecular weight is 295 g/mol. The molecular formula is C13H15BrOSi. The number of hydrogen-bond donors (Lipinski definition) is 0. The van der Waals surface area contributed by atoms with Crippen LogP contribution in [0.25, 0.3) is 0 Å². The lowest BCUT2D eigenvalue weighted by Crippen LogP contribution is -2.16. The van der Waals surface area contributed by atoms with Crippen LogP contribution in [0.2, 0.25) is 19.6 Å². The van der Waals surface area contributed by atoms with Gasteiger partial charge in [0.05, 0.1) is 0 Å². The fourth-order valence-corrected chi connectivity index (χ4v) is 2.26. The maximum absolute atomic E-state index is 5.57. The van der Waals surface area contributed by atoms with Gasteiger partial charge in [0, 0.05) is 4.47 Å². The summed E-state index contributed by atoms with van der Waals surface area (Å²) in [7, 11) is -1.27. The van der Waals surface area contributed by atoms with Crippen molar-refractivity contribution >= 4 is 24.0 Å². The third-order valence-electron chi connectivity index (χ3n) is 2.28. The summed E-state index contributed by atoms with van der Waals surface area (Å²) in [6.07, 6.45) is 0.310. The fourth-order valence-electron chi connectivity index (χ4n) is 1.42. The summed E-state index contributed by atoms with van der Waals surface area (Å²) in [4.78, 5) is 0. The van der Waals surface area contributed by atoms with Crippen molar-refractivity contribution < 1.29 is 4.74 Å². The molecule has 1 heterocycles. The molecule has 0 spiro atoms. The maximum Gasteiger partial charge on any atom is 0.148 e. The van der Waals surface area contributed by atoms with E-state index in [0.29, 0.717) is 0 Å². The van der Waals surface area contributed by atoms with Gasteiger partial charge in [-0.1, -0.05) is 53.6 Å². The fraction of sp³-hybridized carbons (Fsp3) is 0.385. The molecule has 84 valence electrons. The van der Waals surface area contributed by atoms with Crippen LogP contribution in [0.15, 0.2) is 28.7 Å². The second-order valence-corrected chi connectivity index (χ2v) is 10.7. The lowest BCUT2D eigenvalue weighted by Gasteiger charge is -2.02. The third-order valence-corrected chi connectivity index (χ3v) is 3.70. The van der Waals surface area contributed by atoms with Gasteiger partial charge in [-0.25, -0.2) is 0 Å². The Morgan fingerprint density at radius 3 is 2.38 bits per heavy atom. The molecule has 1 fully saturated rings. The summed E-state index contributed by atoms with van der Waals surface area (Å²) in [5, 5.41) is 0. The predicted octanol–water partition coefficient (Wildman–Crippen LogP) is 3.77. The van der Waals surface area contributed by atoms with E-state index in [2.05, 4.69) is 59.2 Å². The van der Waals surface area contributed by atoms with Gasteiger partial charge in [0.25, 0.3) is 0 Å². The Labute approximate surface area is 106 Å². The van der Waals surface area contributed by atoms with Crippen molar-refractivity contribution in [1.82, 2.24) is 0 Å². The van der Waals surface area contributed by atoms with Crippen molar-refractivity contribution in [2.45, 2.75) is 31.8 Å². The number of hydrogen-bond acceptors (Lipinski definition) is 1. The first kappa shape index (κ1) is 11.9. The van der Waals surface area contributed by atoms with E-state index in [-0.39, 0.29) is 12.2 Å². The average Bonchev–Trinajstić information content (AvgIpc) is 2.94. The molecule has 16 heavy (non-hydrogen) atoms. The Hall–Kier alpha value is -0.563. The van der Waals surface area contributed by atoms with E-state index in [1.165, 1.54) is 5.56 Å². The summed E-state index contributed by atoms with van der Waals surface area (Å²) in [5.74, 6) is 3.24. The molecule has 1 aliphatic heterocycles. The van der Waals surface area contributed by atoms with Crippen molar-refractivity contribution in [2.24, 2.45) is 0 Å². The Kier molecular flexibility index (Phi) is 3.25. The first-order valence-electron chi connectivity index (χ1n) is 5.39. The van der Waals surface area contributed by atoms with E-state index in [9.17, 15) is 0 Å². The SMILES string of the molecule is C[Si](C)(C)C#C[C@@H]1O[C@H]1c1ccc(Br)cc1. The quantitative estimate of drug-likeness (QED) is 0.436. The van der Waals surface area contributed by atoms with E-state index >= 15 is 0 Å². The van der Waals surface area contributed by atoms with Crippen LogP contribution >= 0.6 is 15.9 Å². The van der Waals surface area contributed by atoms with Crippen LogP contribution in [0, 0.1) is 11.5 Å². The van der Waals surface area contributed by atoms with Crippen LogP contribution in [0.4, 0.5) is 0 Å². The largest absolute Gasteiger partial charge is 0.351 e. The highest BCUT2D eigenvalue weighted by Crippen LogP contribution is 2.38. The van der Waals surface area contributed by atoms with Gasteiger partial charge in [-0.05, 0) is 17.7 Å². The van der Waals surface area contributed by atoms with Crippen molar-refractivity contribution in [3.05, 3.63) is 34.3 Å². The number of rotatable bonds is 1. The molecule has 3 heteroatoms. The minimum absolute atomic E-state index is 0.118. The van der Waals surface area contributed by atoms with Gasteiger partial charge in [0.15, 0.2) is 0 Å². The third kappa shape index (κ3) is 3.21. The molecule has 0 N–H and O–H groups in total. The minimum atomic E-state index is -1.27. The molecule has 1 aromatic rings. The van der Waals surface area contributed by atoms with Crippen LogP contribution in [0.5, 0.6) is 0 Å². The summed E-state index contributed by atoms with van der Waals surface area (Å²) in [6, 6.07) is 8.26. The normalized spacial score (nSPS) is 23.5. The number of epoxide rings is 1. The molecule has 1 saturated heterocycles. The van der Waals surface area contributed by atoms with Gasteiger partial charge >= 0.3 is 0 Å². The van der Waals surface area contributed by atoms with Gasteiger partial charge < -0.3 is 4.74 Å². The summed E-state index contributed by atoms with van der Waals surface area (Å²) in [6.45, 7) is 6.74. The number of benzene rings is 1. The van der Waals surface area contributed by atoms with E-state index in [1.54, 1.807) is 0 Å². The van der Waals surface area contributed by atoms with Crippen molar-refractivity contribution in [3.8, 4) is 11.5 Å².